The van der Waals surface area contributed by atoms with E-state index in [9.17, 15) is 26.7 Å². The molecule has 0 aliphatic rings. The van der Waals surface area contributed by atoms with Gasteiger partial charge in [0.15, 0.2) is 23.1 Å². The van der Waals surface area contributed by atoms with E-state index in [1.165, 1.54) is 0 Å². The van der Waals surface area contributed by atoms with Gasteiger partial charge in [0.25, 0.3) is 0 Å². The zero-order valence-electron chi connectivity index (χ0n) is 12.4. The summed E-state index contributed by atoms with van der Waals surface area (Å²) in [5.41, 5.74) is -1.07. The molecule has 2 aromatic carbocycles. The molecule has 0 heterocycles. The van der Waals surface area contributed by atoms with Gasteiger partial charge in [-0.3, -0.25) is 0 Å². The summed E-state index contributed by atoms with van der Waals surface area (Å²) in [6, 6.07) is 4.22. The van der Waals surface area contributed by atoms with Crippen molar-refractivity contribution in [3.63, 3.8) is 0 Å². The van der Waals surface area contributed by atoms with Crippen LogP contribution in [0, 0.1) is 11.6 Å². The van der Waals surface area contributed by atoms with E-state index in [-0.39, 0.29) is 11.5 Å². The fourth-order valence-corrected chi connectivity index (χ4v) is 1.87. The van der Waals surface area contributed by atoms with Gasteiger partial charge in [0.2, 0.25) is 0 Å². The van der Waals surface area contributed by atoms with Crippen molar-refractivity contribution in [2.45, 2.75) is 6.36 Å². The molecule has 0 saturated carbocycles. The largest absolute Gasteiger partial charge is 0.573 e. The lowest BCUT2D eigenvalue weighted by Crippen LogP contribution is -2.17. The lowest BCUT2D eigenvalue weighted by atomic mass is 10.2. The molecule has 0 aromatic heterocycles. The van der Waals surface area contributed by atoms with Crippen LogP contribution in [0.1, 0.15) is 10.4 Å². The van der Waals surface area contributed by atoms with Gasteiger partial charge in [-0.15, -0.1) is 13.2 Å². The Hall–Kier alpha value is -3.04. The Labute approximate surface area is 137 Å². The minimum atomic E-state index is -4.93. The van der Waals surface area contributed by atoms with Crippen LogP contribution in [0.3, 0.4) is 0 Å². The topological polar surface area (TPSA) is 65.0 Å². The quantitative estimate of drug-likeness (QED) is 0.799. The Kier molecular flexibility index (Phi) is 5.00. The first kappa shape index (κ1) is 18.3. The monoisotopic (exact) mass is 364 g/mol. The molecule has 5 nitrogen and oxygen atoms in total. The number of ether oxygens (including phenoxy) is 3. The molecule has 1 N–H and O–H groups in total. The molecule has 134 valence electrons. The zero-order chi connectivity index (χ0) is 18.8. The van der Waals surface area contributed by atoms with Gasteiger partial charge in [0, 0.05) is 6.07 Å². The van der Waals surface area contributed by atoms with Gasteiger partial charge in [0.1, 0.15) is 17.1 Å². The van der Waals surface area contributed by atoms with Crippen molar-refractivity contribution in [2.75, 3.05) is 7.11 Å². The van der Waals surface area contributed by atoms with Crippen LogP contribution in [0.25, 0.3) is 0 Å². The van der Waals surface area contributed by atoms with Gasteiger partial charge in [-0.2, -0.15) is 0 Å². The minimum Gasteiger partial charge on any atom is -0.493 e. The molecule has 0 fully saturated rings. The standard InChI is InChI=1S/C15H9F5O5/c1-23-11-6-7(25-15(18,19)20)2-4-9(11)24-10-5-3-8(16)13(17)12(10)14(21)22/h2-6H,1H3,(H,21,22). The third-order valence-electron chi connectivity index (χ3n) is 2.86. The Morgan fingerprint density at radius 1 is 1.04 bits per heavy atom. The van der Waals surface area contributed by atoms with E-state index < -0.39 is 41.0 Å². The van der Waals surface area contributed by atoms with E-state index in [1.807, 2.05) is 0 Å². The maximum atomic E-state index is 13.6. The van der Waals surface area contributed by atoms with E-state index in [2.05, 4.69) is 4.74 Å². The summed E-state index contributed by atoms with van der Waals surface area (Å²) in [4.78, 5) is 11.1. The summed E-state index contributed by atoms with van der Waals surface area (Å²) in [7, 11) is 1.11. The van der Waals surface area contributed by atoms with Crippen molar-refractivity contribution in [2.24, 2.45) is 0 Å². The predicted octanol–water partition coefficient (Wildman–Crippen LogP) is 4.36. The summed E-state index contributed by atoms with van der Waals surface area (Å²) in [6.07, 6.45) is -4.93. The maximum absolute atomic E-state index is 13.6. The lowest BCUT2D eigenvalue weighted by Gasteiger charge is -2.15. The number of hydrogen-bond acceptors (Lipinski definition) is 4. The summed E-state index contributed by atoms with van der Waals surface area (Å²) in [5, 5.41) is 8.98. The van der Waals surface area contributed by atoms with Gasteiger partial charge in [-0.1, -0.05) is 0 Å². The highest BCUT2D eigenvalue weighted by molar-refractivity contribution is 5.91. The van der Waals surface area contributed by atoms with E-state index in [4.69, 9.17) is 14.6 Å². The highest BCUT2D eigenvalue weighted by Crippen LogP contribution is 2.37. The van der Waals surface area contributed by atoms with Crippen LogP contribution in [0.5, 0.6) is 23.0 Å². The molecule has 0 unspecified atom stereocenters. The number of carbonyl (C=O) groups is 1. The lowest BCUT2D eigenvalue weighted by molar-refractivity contribution is -0.274. The average Bonchev–Trinajstić information content (AvgIpc) is 2.50. The number of aromatic carboxylic acids is 1. The molecule has 0 bridgehead atoms. The van der Waals surface area contributed by atoms with E-state index in [0.29, 0.717) is 6.07 Å². The van der Waals surface area contributed by atoms with Crippen LogP contribution in [-0.4, -0.2) is 24.5 Å². The number of halogens is 5. The number of carboxylic acid groups (broad SMARTS) is 1. The van der Waals surface area contributed by atoms with Crippen molar-refractivity contribution in [1.29, 1.82) is 0 Å². The second kappa shape index (κ2) is 6.83. The molecule has 25 heavy (non-hydrogen) atoms. The molecule has 0 atom stereocenters. The number of rotatable bonds is 5. The number of carboxylic acids is 1. The van der Waals surface area contributed by atoms with Crippen molar-refractivity contribution < 1.29 is 46.1 Å². The first-order valence-electron chi connectivity index (χ1n) is 6.45. The number of hydrogen-bond donors (Lipinski definition) is 1. The molecule has 0 aliphatic heterocycles. The SMILES string of the molecule is COc1cc(OC(F)(F)F)ccc1Oc1ccc(F)c(F)c1C(=O)O. The molecule has 0 aliphatic carbocycles. The summed E-state index contributed by atoms with van der Waals surface area (Å²) in [5.74, 6) is -6.47. The summed E-state index contributed by atoms with van der Waals surface area (Å²) < 4.78 is 77.2. The Morgan fingerprint density at radius 2 is 1.68 bits per heavy atom. The van der Waals surface area contributed by atoms with Gasteiger partial charge < -0.3 is 19.3 Å². The molecular weight excluding hydrogens is 355 g/mol. The molecule has 0 amide bonds. The van der Waals surface area contributed by atoms with Gasteiger partial charge >= 0.3 is 12.3 Å². The van der Waals surface area contributed by atoms with Crippen LogP contribution in [0.15, 0.2) is 30.3 Å². The first-order valence-corrected chi connectivity index (χ1v) is 6.45. The van der Waals surface area contributed by atoms with Crippen LogP contribution in [0.2, 0.25) is 0 Å². The van der Waals surface area contributed by atoms with Gasteiger partial charge in [-0.05, 0) is 24.3 Å². The molecule has 0 radical (unpaired) electrons. The molecule has 0 spiro atoms. The highest BCUT2D eigenvalue weighted by Gasteiger charge is 2.31. The molecule has 2 rings (SSSR count). The number of benzene rings is 2. The smallest absolute Gasteiger partial charge is 0.493 e. The summed E-state index contributed by atoms with van der Waals surface area (Å²) >= 11 is 0. The van der Waals surface area contributed by atoms with Gasteiger partial charge in [-0.25, -0.2) is 13.6 Å². The van der Waals surface area contributed by atoms with Crippen molar-refractivity contribution in [3.8, 4) is 23.0 Å². The highest BCUT2D eigenvalue weighted by atomic mass is 19.4. The number of alkyl halides is 3. The van der Waals surface area contributed by atoms with Crippen LogP contribution < -0.4 is 14.2 Å². The van der Waals surface area contributed by atoms with Crippen molar-refractivity contribution in [1.82, 2.24) is 0 Å². The van der Waals surface area contributed by atoms with Crippen LogP contribution >= 0.6 is 0 Å². The molecule has 0 saturated heterocycles. The van der Waals surface area contributed by atoms with Crippen molar-refractivity contribution in [3.05, 3.63) is 47.5 Å². The Bertz CT molecular complexity index is 804. The van der Waals surface area contributed by atoms with E-state index in [0.717, 1.165) is 31.4 Å². The fraction of sp³-hybridized carbons (Fsp3) is 0.133. The molecular formula is C15H9F5O5. The number of methoxy groups -OCH3 is 1. The average molecular weight is 364 g/mol. The third kappa shape index (κ3) is 4.28. The van der Waals surface area contributed by atoms with E-state index >= 15 is 0 Å². The van der Waals surface area contributed by atoms with E-state index in [1.54, 1.807) is 0 Å². The van der Waals surface area contributed by atoms with Gasteiger partial charge in [0.05, 0.1) is 7.11 Å². The first-order chi connectivity index (χ1) is 11.6. The maximum Gasteiger partial charge on any atom is 0.573 e. The van der Waals surface area contributed by atoms with Crippen molar-refractivity contribution >= 4 is 5.97 Å². The normalized spacial score (nSPS) is 11.1. The molecule has 10 heteroatoms. The predicted molar refractivity (Wildman–Crippen MR) is 73.1 cm³/mol. The second-order valence-electron chi connectivity index (χ2n) is 4.50. The Morgan fingerprint density at radius 3 is 2.24 bits per heavy atom. The van der Waals surface area contributed by atoms with Crippen LogP contribution in [0.4, 0.5) is 22.0 Å². The molecule has 2 aromatic rings. The fourth-order valence-electron chi connectivity index (χ4n) is 1.87. The zero-order valence-corrected chi connectivity index (χ0v) is 12.4. The van der Waals surface area contributed by atoms with Crippen LogP contribution in [-0.2, 0) is 0 Å². The minimum absolute atomic E-state index is 0.231. The second-order valence-corrected chi connectivity index (χ2v) is 4.50. The Balaban J connectivity index is 2.41. The summed E-state index contributed by atoms with van der Waals surface area (Å²) in [6.45, 7) is 0. The third-order valence-corrected chi connectivity index (χ3v) is 2.86.